The van der Waals surface area contributed by atoms with Crippen LogP contribution in [0.5, 0.6) is 0 Å². The summed E-state index contributed by atoms with van der Waals surface area (Å²) >= 11 is 12.0. The number of halogens is 2. The summed E-state index contributed by atoms with van der Waals surface area (Å²) in [6.07, 6.45) is 8.74. The minimum atomic E-state index is -0.319. The number of piperidine rings is 1. The molecule has 3 heterocycles. The lowest BCUT2D eigenvalue weighted by Gasteiger charge is -2.26. The fraction of sp³-hybridized carbons (Fsp3) is 0.429. The number of aliphatic hydroxyl groups is 1. The lowest BCUT2D eigenvalue weighted by Crippen LogP contribution is -2.43. The molecule has 0 aromatic carbocycles. The molecule has 0 bridgehead atoms. The maximum absolute atomic E-state index is 9.89. The molecular weight excluding hydrogens is 311 g/mol. The summed E-state index contributed by atoms with van der Waals surface area (Å²) in [6.45, 7) is 1.56. The topological polar surface area (TPSA) is 63.0 Å². The van der Waals surface area contributed by atoms with Crippen LogP contribution >= 0.6 is 23.2 Å². The highest BCUT2D eigenvalue weighted by Crippen LogP contribution is 2.27. The van der Waals surface area contributed by atoms with E-state index in [1.807, 2.05) is 16.7 Å². The number of rotatable bonds is 3. The van der Waals surface area contributed by atoms with Crippen LogP contribution in [0.15, 0.2) is 24.7 Å². The number of imidazole rings is 1. The number of hydrogen-bond donors (Lipinski definition) is 2. The van der Waals surface area contributed by atoms with Gasteiger partial charge in [0.1, 0.15) is 5.52 Å². The number of hydrogen-bond acceptors (Lipinski definition) is 4. The summed E-state index contributed by atoms with van der Waals surface area (Å²) in [6, 6.07) is 0.0135. The second-order valence-electron chi connectivity index (χ2n) is 5.11. The van der Waals surface area contributed by atoms with E-state index in [4.69, 9.17) is 23.2 Å². The number of aliphatic hydroxyl groups excluding tert-OH is 1. The molecule has 112 valence electrons. The van der Waals surface area contributed by atoms with E-state index in [-0.39, 0.29) is 12.1 Å². The molecule has 1 saturated heterocycles. The van der Waals surface area contributed by atoms with Gasteiger partial charge in [0.25, 0.3) is 0 Å². The van der Waals surface area contributed by atoms with E-state index in [0.29, 0.717) is 27.8 Å². The third-order valence-electron chi connectivity index (χ3n) is 3.64. The number of allylic oxidation sites excluding steroid dienone is 1. The summed E-state index contributed by atoms with van der Waals surface area (Å²) in [5, 5.41) is 14.0. The average molecular weight is 327 g/mol. The normalized spacial score (nSPS) is 23.2. The molecular formula is C14H16Cl2N4O. The molecule has 0 unspecified atom stereocenters. The Labute approximate surface area is 132 Å². The van der Waals surface area contributed by atoms with Crippen molar-refractivity contribution in [1.82, 2.24) is 19.9 Å². The summed E-state index contributed by atoms with van der Waals surface area (Å²) in [5.74, 6) is 0. The number of nitrogens with zero attached hydrogens (tertiary/aromatic N) is 3. The van der Waals surface area contributed by atoms with Crippen LogP contribution in [0, 0.1) is 0 Å². The maximum atomic E-state index is 9.89. The molecule has 2 aromatic heterocycles. The van der Waals surface area contributed by atoms with Gasteiger partial charge in [0.2, 0.25) is 0 Å². The molecule has 1 fully saturated rings. The van der Waals surface area contributed by atoms with Gasteiger partial charge in [0.15, 0.2) is 5.65 Å². The zero-order chi connectivity index (χ0) is 14.8. The van der Waals surface area contributed by atoms with Gasteiger partial charge >= 0.3 is 0 Å². The highest BCUT2D eigenvalue weighted by Gasteiger charge is 2.19. The molecule has 0 saturated carbocycles. The second kappa shape index (κ2) is 6.32. The largest absolute Gasteiger partial charge is 0.391 e. The van der Waals surface area contributed by atoms with Crippen molar-refractivity contribution in [1.29, 1.82) is 0 Å². The fourth-order valence-corrected chi connectivity index (χ4v) is 2.82. The monoisotopic (exact) mass is 326 g/mol. The van der Waals surface area contributed by atoms with Crippen molar-refractivity contribution in [2.75, 3.05) is 6.54 Å². The van der Waals surface area contributed by atoms with Gasteiger partial charge in [-0.15, -0.1) is 0 Å². The highest BCUT2D eigenvalue weighted by molar-refractivity contribution is 6.44. The summed E-state index contributed by atoms with van der Waals surface area (Å²) in [5.41, 5.74) is 1.31. The second-order valence-corrected chi connectivity index (χ2v) is 5.89. The van der Waals surface area contributed by atoms with E-state index in [0.717, 1.165) is 19.4 Å². The van der Waals surface area contributed by atoms with Crippen LogP contribution in [0.1, 0.15) is 12.8 Å². The van der Waals surface area contributed by atoms with Crippen LogP contribution in [-0.2, 0) is 6.54 Å². The number of aromatic nitrogens is 3. The third-order valence-corrected chi connectivity index (χ3v) is 4.41. The van der Waals surface area contributed by atoms with Gasteiger partial charge in [0.05, 0.1) is 28.5 Å². The first-order chi connectivity index (χ1) is 10.2. The van der Waals surface area contributed by atoms with Crippen LogP contribution in [0.3, 0.4) is 0 Å². The molecule has 2 aromatic rings. The molecule has 2 N–H and O–H groups in total. The Hall–Kier alpha value is -1.14. The molecule has 2 atom stereocenters. The van der Waals surface area contributed by atoms with Crippen molar-refractivity contribution >= 4 is 34.4 Å². The van der Waals surface area contributed by atoms with Crippen molar-refractivity contribution in [3.63, 3.8) is 0 Å². The minimum Gasteiger partial charge on any atom is -0.391 e. The van der Waals surface area contributed by atoms with Crippen molar-refractivity contribution in [3.05, 3.63) is 34.7 Å². The Morgan fingerprint density at radius 2 is 2.29 bits per heavy atom. The van der Waals surface area contributed by atoms with E-state index in [9.17, 15) is 5.11 Å². The van der Waals surface area contributed by atoms with E-state index in [1.54, 1.807) is 6.33 Å². The zero-order valence-corrected chi connectivity index (χ0v) is 12.8. The van der Waals surface area contributed by atoms with E-state index >= 15 is 0 Å². The maximum Gasteiger partial charge on any atom is 0.161 e. The number of fused-ring (bicyclic) bond motifs is 1. The van der Waals surface area contributed by atoms with Gasteiger partial charge in [-0.2, -0.15) is 0 Å². The van der Waals surface area contributed by atoms with Gasteiger partial charge in [0, 0.05) is 12.7 Å². The zero-order valence-electron chi connectivity index (χ0n) is 11.3. The predicted molar refractivity (Wildman–Crippen MR) is 83.7 cm³/mol. The molecule has 0 amide bonds. The van der Waals surface area contributed by atoms with Crippen LogP contribution in [0.25, 0.3) is 11.2 Å². The number of nitrogens with one attached hydrogen (secondary N) is 1. The first kappa shape index (κ1) is 14.8. The quantitative estimate of drug-likeness (QED) is 0.850. The molecule has 0 spiro atoms. The van der Waals surface area contributed by atoms with Crippen LogP contribution < -0.4 is 5.32 Å². The van der Waals surface area contributed by atoms with Crippen molar-refractivity contribution in [2.24, 2.45) is 0 Å². The summed E-state index contributed by atoms with van der Waals surface area (Å²) < 4.78 is 1.89. The smallest absolute Gasteiger partial charge is 0.161 e. The molecule has 3 rings (SSSR count). The Balaban J connectivity index is 1.75. The van der Waals surface area contributed by atoms with Crippen LogP contribution in [0.4, 0.5) is 0 Å². The predicted octanol–water partition coefficient (Wildman–Crippen LogP) is 2.41. The van der Waals surface area contributed by atoms with Gasteiger partial charge in [-0.1, -0.05) is 35.4 Å². The van der Waals surface area contributed by atoms with Gasteiger partial charge in [-0.05, 0) is 19.4 Å². The molecule has 1 aliphatic heterocycles. The van der Waals surface area contributed by atoms with Gasteiger partial charge in [-0.25, -0.2) is 9.97 Å². The minimum absolute atomic E-state index is 0.0135. The van der Waals surface area contributed by atoms with Crippen molar-refractivity contribution in [2.45, 2.75) is 31.5 Å². The number of pyridine rings is 1. The molecule has 5 nitrogen and oxygen atoms in total. The fourth-order valence-electron chi connectivity index (χ4n) is 2.50. The van der Waals surface area contributed by atoms with Crippen LogP contribution in [-0.4, -0.2) is 38.3 Å². The summed E-state index contributed by atoms with van der Waals surface area (Å²) in [7, 11) is 0. The molecule has 0 aliphatic carbocycles. The Bertz CT molecular complexity index is 670. The molecule has 21 heavy (non-hydrogen) atoms. The standard InChI is InChI=1S/C14H16Cl2N4O/c15-9-7-18-14-13(12(9)16)19-8-20(14)6-2-3-10-11(21)4-1-5-17-10/h2-3,7-8,10-11,17,21H,1,4-6H2/b3-2+/t10-,11+/m1/s1. The Kier molecular flexibility index (Phi) is 4.45. The van der Waals surface area contributed by atoms with Gasteiger partial charge < -0.3 is 15.0 Å². The lowest BCUT2D eigenvalue weighted by atomic mass is 10.0. The van der Waals surface area contributed by atoms with E-state index in [1.165, 1.54) is 6.20 Å². The van der Waals surface area contributed by atoms with E-state index < -0.39 is 0 Å². The Morgan fingerprint density at radius 1 is 1.43 bits per heavy atom. The van der Waals surface area contributed by atoms with E-state index in [2.05, 4.69) is 15.3 Å². The van der Waals surface area contributed by atoms with Crippen LogP contribution in [0.2, 0.25) is 10.0 Å². The van der Waals surface area contributed by atoms with Crippen molar-refractivity contribution in [3.8, 4) is 0 Å². The SMILES string of the molecule is O[C@H]1CCCN[C@@H]1/C=C/Cn1cnc2c(Cl)c(Cl)cnc21. The molecule has 1 aliphatic rings. The Morgan fingerprint density at radius 3 is 3.10 bits per heavy atom. The third kappa shape index (κ3) is 3.06. The van der Waals surface area contributed by atoms with Gasteiger partial charge in [-0.3, -0.25) is 0 Å². The lowest BCUT2D eigenvalue weighted by molar-refractivity contribution is 0.115. The highest BCUT2D eigenvalue weighted by atomic mass is 35.5. The average Bonchev–Trinajstić information content (AvgIpc) is 2.89. The first-order valence-electron chi connectivity index (χ1n) is 6.90. The molecule has 0 radical (unpaired) electrons. The van der Waals surface area contributed by atoms with Crippen molar-refractivity contribution < 1.29 is 5.11 Å². The molecule has 7 heteroatoms. The summed E-state index contributed by atoms with van der Waals surface area (Å²) in [4.78, 5) is 8.51. The first-order valence-corrected chi connectivity index (χ1v) is 7.65.